The number of rotatable bonds is 8. The lowest BCUT2D eigenvalue weighted by Gasteiger charge is -2.14. The molecule has 0 aliphatic carbocycles. The van der Waals surface area contributed by atoms with E-state index in [0.717, 1.165) is 44.8 Å². The molecule has 0 spiro atoms. The van der Waals surface area contributed by atoms with Gasteiger partial charge in [0.2, 0.25) is 0 Å². The summed E-state index contributed by atoms with van der Waals surface area (Å²) in [5, 5.41) is 4.11. The van der Waals surface area contributed by atoms with Crippen LogP contribution in [0.5, 0.6) is 5.75 Å². The van der Waals surface area contributed by atoms with Crippen molar-refractivity contribution in [1.29, 1.82) is 0 Å². The van der Waals surface area contributed by atoms with E-state index in [9.17, 15) is 4.79 Å². The number of hydrazone groups is 1. The molecule has 35 heavy (non-hydrogen) atoms. The largest absolute Gasteiger partial charge is 0.490 e. The number of hydrogen-bond acceptors (Lipinski definition) is 3. The molecule has 5 nitrogen and oxygen atoms in total. The number of ether oxygens (including phenoxy) is 1. The first-order chi connectivity index (χ1) is 17.0. The zero-order chi connectivity index (χ0) is 24.8. The summed E-state index contributed by atoms with van der Waals surface area (Å²) in [5.74, 6) is 0.519. The second-order valence-corrected chi connectivity index (χ2v) is 9.19. The molecule has 0 unspecified atom stereocenters. The van der Waals surface area contributed by atoms with Gasteiger partial charge in [0.1, 0.15) is 5.75 Å². The van der Waals surface area contributed by atoms with Crippen molar-refractivity contribution in [3.05, 3.63) is 106 Å². The van der Waals surface area contributed by atoms with Crippen LogP contribution in [-0.2, 0) is 0 Å². The zero-order valence-corrected chi connectivity index (χ0v) is 21.6. The number of carbonyl (C=O) groups is 1. The first-order valence-electron chi connectivity index (χ1n) is 11.6. The average Bonchev–Trinajstić information content (AvgIpc) is 3.27. The number of carbonyl (C=O) groups excluding carboxylic acids is 1. The standard InChI is InChI=1S/C29H28BrN3O2/c1-4-21(3)35-28-17-11-22(18-26(28)30)19-31-32-29(34)24-12-14-25(15-13-24)33-20(2)10-16-27(33)23-8-6-5-7-9-23/h5-19,21H,4H2,1-3H3,(H,32,34)/b31-19+/t21-/m0/s1. The molecule has 1 atom stereocenters. The Hall–Kier alpha value is -3.64. The van der Waals surface area contributed by atoms with Crippen LogP contribution in [-0.4, -0.2) is 22.8 Å². The Labute approximate surface area is 214 Å². The number of benzene rings is 3. The topological polar surface area (TPSA) is 55.6 Å². The van der Waals surface area contributed by atoms with Crippen molar-refractivity contribution in [2.75, 3.05) is 0 Å². The smallest absolute Gasteiger partial charge is 0.271 e. The van der Waals surface area contributed by atoms with Gasteiger partial charge in [-0.3, -0.25) is 4.79 Å². The normalized spacial score (nSPS) is 12.0. The van der Waals surface area contributed by atoms with Crippen LogP contribution in [0.4, 0.5) is 0 Å². The molecule has 3 aromatic carbocycles. The van der Waals surface area contributed by atoms with E-state index in [2.05, 4.69) is 69.1 Å². The maximum atomic E-state index is 12.6. The molecule has 0 radical (unpaired) electrons. The van der Waals surface area contributed by atoms with Gasteiger partial charge in [0.15, 0.2) is 0 Å². The van der Waals surface area contributed by atoms with Gasteiger partial charge in [-0.15, -0.1) is 0 Å². The fourth-order valence-electron chi connectivity index (χ4n) is 3.70. The van der Waals surface area contributed by atoms with Crippen LogP contribution in [0.15, 0.2) is 94.5 Å². The Bertz CT molecular complexity index is 1330. The highest BCUT2D eigenvalue weighted by Crippen LogP contribution is 2.28. The molecule has 0 bridgehead atoms. The molecule has 4 rings (SSSR count). The molecule has 1 amide bonds. The lowest BCUT2D eigenvalue weighted by Crippen LogP contribution is -2.17. The maximum absolute atomic E-state index is 12.6. The van der Waals surface area contributed by atoms with Gasteiger partial charge in [0.25, 0.3) is 5.91 Å². The van der Waals surface area contributed by atoms with E-state index in [0.29, 0.717) is 5.56 Å². The van der Waals surface area contributed by atoms with Crippen molar-refractivity contribution in [1.82, 2.24) is 9.99 Å². The average molecular weight is 530 g/mol. The van der Waals surface area contributed by atoms with E-state index in [4.69, 9.17) is 4.74 Å². The van der Waals surface area contributed by atoms with Crippen molar-refractivity contribution in [3.8, 4) is 22.7 Å². The number of nitrogens with one attached hydrogen (secondary N) is 1. The summed E-state index contributed by atoms with van der Waals surface area (Å²) in [4.78, 5) is 12.6. The molecule has 0 aliphatic rings. The summed E-state index contributed by atoms with van der Waals surface area (Å²) in [7, 11) is 0. The lowest BCUT2D eigenvalue weighted by molar-refractivity contribution is 0.0955. The van der Waals surface area contributed by atoms with Crippen molar-refractivity contribution < 1.29 is 9.53 Å². The van der Waals surface area contributed by atoms with E-state index in [1.54, 1.807) is 6.21 Å². The minimum Gasteiger partial charge on any atom is -0.490 e. The van der Waals surface area contributed by atoms with Gasteiger partial charge in [0.05, 0.1) is 22.5 Å². The molecule has 0 aliphatic heterocycles. The Morgan fingerprint density at radius 2 is 1.80 bits per heavy atom. The summed E-state index contributed by atoms with van der Waals surface area (Å²) < 4.78 is 8.89. The Kier molecular flexibility index (Phi) is 7.83. The molecule has 1 N–H and O–H groups in total. The van der Waals surface area contributed by atoms with Gasteiger partial charge in [-0.05, 0) is 102 Å². The van der Waals surface area contributed by atoms with E-state index in [-0.39, 0.29) is 12.0 Å². The van der Waals surface area contributed by atoms with E-state index >= 15 is 0 Å². The van der Waals surface area contributed by atoms with Gasteiger partial charge < -0.3 is 9.30 Å². The number of aromatic nitrogens is 1. The molecular formula is C29H28BrN3O2. The van der Waals surface area contributed by atoms with Crippen molar-refractivity contribution >= 4 is 28.1 Å². The molecular weight excluding hydrogens is 502 g/mol. The highest BCUT2D eigenvalue weighted by Gasteiger charge is 2.11. The minimum atomic E-state index is -0.267. The molecule has 1 heterocycles. The summed E-state index contributed by atoms with van der Waals surface area (Å²) >= 11 is 3.53. The molecule has 6 heteroatoms. The summed E-state index contributed by atoms with van der Waals surface area (Å²) in [5.41, 5.74) is 8.36. The van der Waals surface area contributed by atoms with Crippen LogP contribution in [0, 0.1) is 6.92 Å². The zero-order valence-electron chi connectivity index (χ0n) is 20.0. The van der Waals surface area contributed by atoms with Gasteiger partial charge in [-0.25, -0.2) is 5.43 Å². The van der Waals surface area contributed by atoms with Crippen LogP contribution in [0.2, 0.25) is 0 Å². The fourth-order valence-corrected chi connectivity index (χ4v) is 4.19. The molecule has 0 saturated heterocycles. The van der Waals surface area contributed by atoms with Crippen LogP contribution in [0.25, 0.3) is 16.9 Å². The Balaban J connectivity index is 1.43. The molecule has 178 valence electrons. The van der Waals surface area contributed by atoms with Crippen molar-refractivity contribution in [2.45, 2.75) is 33.3 Å². The highest BCUT2D eigenvalue weighted by atomic mass is 79.9. The fraction of sp³-hybridized carbons (Fsp3) is 0.172. The van der Waals surface area contributed by atoms with Gasteiger partial charge in [-0.2, -0.15) is 5.10 Å². The van der Waals surface area contributed by atoms with Gasteiger partial charge in [-0.1, -0.05) is 37.3 Å². The van der Waals surface area contributed by atoms with Crippen LogP contribution < -0.4 is 10.2 Å². The van der Waals surface area contributed by atoms with E-state index in [1.807, 2.05) is 67.6 Å². The Morgan fingerprint density at radius 3 is 2.49 bits per heavy atom. The van der Waals surface area contributed by atoms with Crippen LogP contribution in [0.3, 0.4) is 0 Å². The molecule has 1 aromatic heterocycles. The summed E-state index contributed by atoms with van der Waals surface area (Å²) in [6.45, 7) is 6.19. The van der Waals surface area contributed by atoms with Crippen LogP contribution >= 0.6 is 15.9 Å². The van der Waals surface area contributed by atoms with Crippen molar-refractivity contribution in [3.63, 3.8) is 0 Å². The maximum Gasteiger partial charge on any atom is 0.271 e. The SMILES string of the molecule is CC[C@H](C)Oc1ccc(/C=N/NC(=O)c2ccc(-n3c(C)ccc3-c3ccccc3)cc2)cc1Br. The third kappa shape index (κ3) is 5.89. The predicted octanol–water partition coefficient (Wildman–Crippen LogP) is 7.16. The number of hydrogen-bond donors (Lipinski definition) is 1. The van der Waals surface area contributed by atoms with Crippen LogP contribution in [0.1, 0.15) is 41.9 Å². The van der Waals surface area contributed by atoms with Gasteiger partial charge >= 0.3 is 0 Å². The number of nitrogens with zero attached hydrogens (tertiary/aromatic N) is 2. The summed E-state index contributed by atoms with van der Waals surface area (Å²) in [6, 6.07) is 27.7. The molecule has 0 saturated carbocycles. The third-order valence-electron chi connectivity index (χ3n) is 5.77. The summed E-state index contributed by atoms with van der Waals surface area (Å²) in [6.07, 6.45) is 2.68. The first-order valence-corrected chi connectivity index (χ1v) is 12.4. The monoisotopic (exact) mass is 529 g/mol. The van der Waals surface area contributed by atoms with E-state index in [1.165, 1.54) is 0 Å². The first kappa shape index (κ1) is 24.5. The second kappa shape index (κ2) is 11.2. The van der Waals surface area contributed by atoms with Crippen molar-refractivity contribution in [2.24, 2.45) is 5.10 Å². The number of aryl methyl sites for hydroxylation is 1. The quantitative estimate of drug-likeness (QED) is 0.194. The Morgan fingerprint density at radius 1 is 1.06 bits per heavy atom. The lowest BCUT2D eigenvalue weighted by atomic mass is 10.1. The minimum absolute atomic E-state index is 0.142. The van der Waals surface area contributed by atoms with E-state index < -0.39 is 0 Å². The van der Waals surface area contributed by atoms with Gasteiger partial charge in [0, 0.05) is 16.9 Å². The molecule has 0 fully saturated rings. The number of amides is 1. The molecule has 4 aromatic rings. The second-order valence-electron chi connectivity index (χ2n) is 8.33. The highest BCUT2D eigenvalue weighted by molar-refractivity contribution is 9.10. The third-order valence-corrected chi connectivity index (χ3v) is 6.39. The number of halogens is 1. The predicted molar refractivity (Wildman–Crippen MR) is 146 cm³/mol.